The SMILES string of the molecule is CCc1nc(CCN[C@H]2CCCC[C@@H]2S(C)(=O)=O)sc1C. The van der Waals surface area contributed by atoms with Crippen molar-refractivity contribution in [1.82, 2.24) is 10.3 Å². The lowest BCUT2D eigenvalue weighted by Gasteiger charge is -2.30. The summed E-state index contributed by atoms with van der Waals surface area (Å²) in [5.74, 6) is 0. The Bertz CT molecular complexity index is 566. The van der Waals surface area contributed by atoms with Gasteiger partial charge in [-0.2, -0.15) is 0 Å². The number of rotatable bonds is 6. The first-order chi connectivity index (χ1) is 9.91. The van der Waals surface area contributed by atoms with Crippen LogP contribution in [0.5, 0.6) is 0 Å². The Hall–Kier alpha value is -0.460. The van der Waals surface area contributed by atoms with E-state index in [0.29, 0.717) is 0 Å². The van der Waals surface area contributed by atoms with Gasteiger partial charge in [-0.3, -0.25) is 0 Å². The maximum Gasteiger partial charge on any atom is 0.151 e. The number of thiazole rings is 1. The number of sulfone groups is 1. The molecule has 0 aliphatic heterocycles. The Morgan fingerprint density at radius 2 is 2.05 bits per heavy atom. The molecule has 120 valence electrons. The third-order valence-corrected chi connectivity index (χ3v) is 7.01. The molecule has 2 rings (SSSR count). The Balaban J connectivity index is 1.89. The molecule has 0 spiro atoms. The molecule has 0 aromatic carbocycles. The molecule has 2 atom stereocenters. The summed E-state index contributed by atoms with van der Waals surface area (Å²) in [5, 5.41) is 4.40. The molecule has 0 radical (unpaired) electrons. The highest BCUT2D eigenvalue weighted by Crippen LogP contribution is 2.24. The predicted octanol–water partition coefficient (Wildman–Crippen LogP) is 2.50. The zero-order valence-corrected chi connectivity index (χ0v) is 14.8. The molecule has 1 aromatic rings. The van der Waals surface area contributed by atoms with Gasteiger partial charge in [-0.1, -0.05) is 19.8 Å². The number of hydrogen-bond acceptors (Lipinski definition) is 5. The predicted molar refractivity (Wildman–Crippen MR) is 88.8 cm³/mol. The summed E-state index contributed by atoms with van der Waals surface area (Å²) >= 11 is 1.76. The van der Waals surface area contributed by atoms with E-state index in [1.54, 1.807) is 11.3 Å². The normalized spacial score (nSPS) is 23.4. The first-order valence-corrected chi connectivity index (χ1v) is 10.6. The number of aromatic nitrogens is 1. The van der Waals surface area contributed by atoms with Gasteiger partial charge in [0.15, 0.2) is 9.84 Å². The maximum atomic E-state index is 11.9. The van der Waals surface area contributed by atoms with Gasteiger partial charge < -0.3 is 5.32 Å². The lowest BCUT2D eigenvalue weighted by molar-refractivity contribution is 0.373. The average molecular weight is 331 g/mol. The Labute approximate surface area is 132 Å². The molecule has 1 aliphatic rings. The Morgan fingerprint density at radius 3 is 2.67 bits per heavy atom. The number of hydrogen-bond donors (Lipinski definition) is 1. The van der Waals surface area contributed by atoms with Crippen LogP contribution in [0.15, 0.2) is 0 Å². The van der Waals surface area contributed by atoms with Crippen LogP contribution in [-0.4, -0.2) is 37.5 Å². The van der Waals surface area contributed by atoms with Crippen LogP contribution in [0.3, 0.4) is 0 Å². The largest absolute Gasteiger partial charge is 0.312 e. The molecule has 0 unspecified atom stereocenters. The monoisotopic (exact) mass is 330 g/mol. The molecular formula is C15H26N2O2S2. The average Bonchev–Trinajstić information content (AvgIpc) is 2.78. The molecule has 1 aliphatic carbocycles. The van der Waals surface area contributed by atoms with E-state index in [1.807, 2.05) is 0 Å². The van der Waals surface area contributed by atoms with Gasteiger partial charge in [0.2, 0.25) is 0 Å². The van der Waals surface area contributed by atoms with Gasteiger partial charge in [0.05, 0.1) is 16.0 Å². The summed E-state index contributed by atoms with van der Waals surface area (Å²) < 4.78 is 23.7. The summed E-state index contributed by atoms with van der Waals surface area (Å²) in [4.78, 5) is 5.94. The minimum Gasteiger partial charge on any atom is -0.312 e. The van der Waals surface area contributed by atoms with Gasteiger partial charge in [0, 0.05) is 30.1 Å². The first-order valence-electron chi connectivity index (χ1n) is 7.79. The van der Waals surface area contributed by atoms with Crippen LogP contribution < -0.4 is 5.32 Å². The van der Waals surface area contributed by atoms with E-state index in [0.717, 1.165) is 50.1 Å². The van der Waals surface area contributed by atoms with Crippen LogP contribution in [0.4, 0.5) is 0 Å². The molecule has 0 bridgehead atoms. The summed E-state index contributed by atoms with van der Waals surface area (Å²) in [6.07, 6.45) is 7.16. The highest BCUT2D eigenvalue weighted by Gasteiger charge is 2.32. The molecule has 6 heteroatoms. The molecule has 0 saturated heterocycles. The van der Waals surface area contributed by atoms with Crippen molar-refractivity contribution in [2.75, 3.05) is 12.8 Å². The van der Waals surface area contributed by atoms with Crippen LogP contribution in [0.25, 0.3) is 0 Å². The maximum absolute atomic E-state index is 11.9. The minimum atomic E-state index is -2.95. The highest BCUT2D eigenvalue weighted by atomic mass is 32.2. The van der Waals surface area contributed by atoms with Gasteiger partial charge >= 0.3 is 0 Å². The number of nitrogens with one attached hydrogen (secondary N) is 1. The van der Waals surface area contributed by atoms with E-state index < -0.39 is 9.84 Å². The van der Waals surface area contributed by atoms with Crippen LogP contribution in [0, 0.1) is 6.92 Å². The molecule has 4 nitrogen and oxygen atoms in total. The second-order valence-electron chi connectivity index (χ2n) is 5.93. The molecule has 0 amide bonds. The molecule has 1 aromatic heterocycles. The fourth-order valence-corrected chi connectivity index (χ4v) is 5.58. The van der Waals surface area contributed by atoms with E-state index in [9.17, 15) is 8.42 Å². The second kappa shape index (κ2) is 7.20. The van der Waals surface area contributed by atoms with Crippen molar-refractivity contribution < 1.29 is 8.42 Å². The van der Waals surface area contributed by atoms with Crippen molar-refractivity contribution in [2.45, 2.75) is 63.7 Å². The van der Waals surface area contributed by atoms with Gasteiger partial charge in [0.1, 0.15) is 0 Å². The summed E-state index contributed by atoms with van der Waals surface area (Å²) in [6, 6.07) is 0.112. The van der Waals surface area contributed by atoms with Gasteiger partial charge in [-0.25, -0.2) is 13.4 Å². The molecule has 21 heavy (non-hydrogen) atoms. The van der Waals surface area contributed by atoms with Crippen LogP contribution in [0.1, 0.15) is 48.2 Å². The molecular weight excluding hydrogens is 304 g/mol. The summed E-state index contributed by atoms with van der Waals surface area (Å²) in [5.41, 5.74) is 1.20. The van der Waals surface area contributed by atoms with E-state index in [4.69, 9.17) is 0 Å². The van der Waals surface area contributed by atoms with Crippen molar-refractivity contribution >= 4 is 21.2 Å². The molecule has 1 heterocycles. The van der Waals surface area contributed by atoms with E-state index in [-0.39, 0.29) is 11.3 Å². The minimum absolute atomic E-state index is 0.112. The smallest absolute Gasteiger partial charge is 0.151 e. The topological polar surface area (TPSA) is 59.1 Å². The quantitative estimate of drug-likeness (QED) is 0.870. The van der Waals surface area contributed by atoms with Crippen LogP contribution in [-0.2, 0) is 22.7 Å². The summed E-state index contributed by atoms with van der Waals surface area (Å²) in [6.45, 7) is 5.06. The third kappa shape index (κ3) is 4.50. The van der Waals surface area contributed by atoms with Gasteiger partial charge in [-0.15, -0.1) is 11.3 Å². The van der Waals surface area contributed by atoms with Crippen molar-refractivity contribution in [3.8, 4) is 0 Å². The zero-order chi connectivity index (χ0) is 15.5. The highest BCUT2D eigenvalue weighted by molar-refractivity contribution is 7.91. The zero-order valence-electron chi connectivity index (χ0n) is 13.2. The summed E-state index contributed by atoms with van der Waals surface area (Å²) in [7, 11) is -2.95. The standard InChI is InChI=1S/C15H26N2O2S2/c1-4-12-11(2)20-15(17-12)9-10-16-13-7-5-6-8-14(13)21(3,18)19/h13-14,16H,4-10H2,1-3H3/t13-,14-/m0/s1. The first kappa shape index (κ1) is 16.9. The van der Waals surface area contributed by atoms with E-state index in [2.05, 4.69) is 24.1 Å². The van der Waals surface area contributed by atoms with Gasteiger partial charge in [0.25, 0.3) is 0 Å². The van der Waals surface area contributed by atoms with Crippen LogP contribution >= 0.6 is 11.3 Å². The lowest BCUT2D eigenvalue weighted by atomic mass is 9.95. The third-order valence-electron chi connectivity index (χ3n) is 4.27. The van der Waals surface area contributed by atoms with E-state index in [1.165, 1.54) is 16.8 Å². The van der Waals surface area contributed by atoms with Crippen molar-refractivity contribution in [3.63, 3.8) is 0 Å². The fourth-order valence-electron chi connectivity index (χ4n) is 3.13. The molecule has 1 N–H and O–H groups in total. The van der Waals surface area contributed by atoms with Crippen LogP contribution in [0.2, 0.25) is 0 Å². The molecule has 1 fully saturated rings. The molecule has 1 saturated carbocycles. The Morgan fingerprint density at radius 1 is 1.33 bits per heavy atom. The lowest BCUT2D eigenvalue weighted by Crippen LogP contribution is -2.46. The Kier molecular flexibility index (Phi) is 5.80. The van der Waals surface area contributed by atoms with Crippen molar-refractivity contribution in [1.29, 1.82) is 0 Å². The van der Waals surface area contributed by atoms with E-state index >= 15 is 0 Å². The van der Waals surface area contributed by atoms with Crippen molar-refractivity contribution in [2.24, 2.45) is 0 Å². The number of nitrogens with zero attached hydrogens (tertiary/aromatic N) is 1. The number of aryl methyl sites for hydroxylation is 2. The van der Waals surface area contributed by atoms with Crippen molar-refractivity contribution in [3.05, 3.63) is 15.6 Å². The fraction of sp³-hybridized carbons (Fsp3) is 0.800. The van der Waals surface area contributed by atoms with Gasteiger partial charge in [-0.05, 0) is 26.2 Å². The second-order valence-corrected chi connectivity index (χ2v) is 9.48.